The lowest BCUT2D eigenvalue weighted by Crippen LogP contribution is -2.47. The van der Waals surface area contributed by atoms with Gasteiger partial charge in [-0.1, -0.05) is 29.8 Å². The number of amides is 1. The zero-order chi connectivity index (χ0) is 17.4. The van der Waals surface area contributed by atoms with Gasteiger partial charge in [-0.05, 0) is 25.3 Å². The molecule has 25 heavy (non-hydrogen) atoms. The minimum Gasteiger partial charge on any atom is -0.341 e. The lowest BCUT2D eigenvalue weighted by Gasteiger charge is -2.27. The normalized spacial score (nSPS) is 19.9. The van der Waals surface area contributed by atoms with Crippen molar-refractivity contribution >= 4 is 5.91 Å². The molecule has 0 bridgehead atoms. The summed E-state index contributed by atoms with van der Waals surface area (Å²) in [6.45, 7) is 5.03. The first-order chi connectivity index (χ1) is 12.1. The van der Waals surface area contributed by atoms with Crippen LogP contribution in [0, 0.1) is 6.92 Å². The zero-order valence-corrected chi connectivity index (χ0v) is 14.4. The number of aryl methyl sites for hydroxylation is 1. The Balaban J connectivity index is 1.63. The van der Waals surface area contributed by atoms with E-state index in [-0.39, 0.29) is 11.6 Å². The van der Waals surface area contributed by atoms with Crippen molar-refractivity contribution in [3.05, 3.63) is 51.7 Å². The molecule has 1 atom stereocenters. The molecule has 1 fully saturated rings. The molecule has 1 amide bonds. The topological polar surface area (TPSA) is 72.2 Å². The molecule has 1 aromatic heterocycles. The number of hydrogen-bond acceptors (Lipinski definition) is 4. The van der Waals surface area contributed by atoms with Crippen LogP contribution in [0.2, 0.25) is 0 Å². The summed E-state index contributed by atoms with van der Waals surface area (Å²) in [4.78, 5) is 27.6. The van der Waals surface area contributed by atoms with E-state index in [1.807, 2.05) is 36.1 Å². The van der Waals surface area contributed by atoms with E-state index in [9.17, 15) is 9.59 Å². The predicted octanol–water partition coefficient (Wildman–Crippen LogP) is 0.668. The fraction of sp³-hybridized carbons (Fsp3) is 0.500. The highest BCUT2D eigenvalue weighted by Gasteiger charge is 2.34. The van der Waals surface area contributed by atoms with Crippen LogP contribution < -0.4 is 11.0 Å². The van der Waals surface area contributed by atoms with Crippen LogP contribution >= 0.6 is 0 Å². The molecule has 7 heteroatoms. The first kappa shape index (κ1) is 16.1. The van der Waals surface area contributed by atoms with E-state index in [4.69, 9.17) is 0 Å². The standard InChI is InChI=1S/C18H23N5O2/c1-13-4-6-14(7-5-13)12-22-18(25)23-15(10-19-11-16(23)20-22)17(24)21-8-2-3-9-21/h4-7,15,19H,2-3,8-12H2,1H3. The van der Waals surface area contributed by atoms with E-state index in [0.717, 1.165) is 31.5 Å². The number of nitrogens with zero attached hydrogens (tertiary/aromatic N) is 4. The van der Waals surface area contributed by atoms with Gasteiger partial charge in [0.1, 0.15) is 11.9 Å². The number of nitrogens with one attached hydrogen (secondary N) is 1. The van der Waals surface area contributed by atoms with Crippen molar-refractivity contribution in [1.29, 1.82) is 0 Å². The molecule has 132 valence electrons. The summed E-state index contributed by atoms with van der Waals surface area (Å²) in [6, 6.07) is 7.58. The van der Waals surface area contributed by atoms with E-state index in [1.165, 1.54) is 10.2 Å². The summed E-state index contributed by atoms with van der Waals surface area (Å²) in [5, 5.41) is 7.69. The van der Waals surface area contributed by atoms with Crippen molar-refractivity contribution in [3.8, 4) is 0 Å². The molecule has 0 aliphatic carbocycles. The van der Waals surface area contributed by atoms with Crippen molar-refractivity contribution in [1.82, 2.24) is 24.6 Å². The minimum absolute atomic E-state index is 0.0305. The first-order valence-corrected chi connectivity index (χ1v) is 8.87. The Labute approximate surface area is 146 Å². The summed E-state index contributed by atoms with van der Waals surface area (Å²) in [7, 11) is 0. The number of carbonyl (C=O) groups is 1. The number of aromatic nitrogens is 3. The molecule has 2 aromatic rings. The second kappa shape index (κ2) is 6.48. The van der Waals surface area contributed by atoms with Crippen LogP contribution in [0.25, 0.3) is 0 Å². The molecule has 1 aromatic carbocycles. The molecule has 1 unspecified atom stereocenters. The fourth-order valence-electron chi connectivity index (χ4n) is 3.63. The van der Waals surface area contributed by atoms with Gasteiger partial charge in [-0.2, -0.15) is 5.10 Å². The Hall–Kier alpha value is -2.41. The summed E-state index contributed by atoms with van der Waals surface area (Å²) in [5.74, 6) is 0.670. The quantitative estimate of drug-likeness (QED) is 0.891. The summed E-state index contributed by atoms with van der Waals surface area (Å²) < 4.78 is 3.06. The van der Waals surface area contributed by atoms with Crippen LogP contribution in [0.5, 0.6) is 0 Å². The highest BCUT2D eigenvalue weighted by molar-refractivity contribution is 5.81. The second-order valence-electron chi connectivity index (χ2n) is 6.89. The third-order valence-corrected chi connectivity index (χ3v) is 5.03. The SMILES string of the molecule is Cc1ccc(Cn2nc3n(c2=O)C(C(=O)N2CCCC2)CNC3)cc1. The Morgan fingerprint density at radius 1 is 1.24 bits per heavy atom. The Morgan fingerprint density at radius 2 is 1.96 bits per heavy atom. The first-order valence-electron chi connectivity index (χ1n) is 8.87. The average Bonchev–Trinajstić information content (AvgIpc) is 3.25. The van der Waals surface area contributed by atoms with Crippen molar-refractivity contribution in [2.45, 2.75) is 38.9 Å². The average molecular weight is 341 g/mol. The van der Waals surface area contributed by atoms with E-state index in [1.54, 1.807) is 4.57 Å². The van der Waals surface area contributed by atoms with Crippen molar-refractivity contribution < 1.29 is 4.79 Å². The highest BCUT2D eigenvalue weighted by Crippen LogP contribution is 2.18. The van der Waals surface area contributed by atoms with Crippen molar-refractivity contribution in [2.24, 2.45) is 0 Å². The van der Waals surface area contributed by atoms with E-state index in [2.05, 4.69) is 10.4 Å². The number of benzene rings is 1. The largest absolute Gasteiger partial charge is 0.347 e. The molecule has 3 heterocycles. The third kappa shape index (κ3) is 3.00. The number of carbonyl (C=O) groups excluding carboxylic acids is 1. The number of fused-ring (bicyclic) bond motifs is 1. The summed E-state index contributed by atoms with van der Waals surface area (Å²) >= 11 is 0. The Bertz CT molecular complexity index is 830. The maximum atomic E-state index is 12.9. The Kier molecular flexibility index (Phi) is 4.17. The molecule has 0 saturated carbocycles. The molecular formula is C18H23N5O2. The van der Waals surface area contributed by atoms with E-state index >= 15 is 0 Å². The van der Waals surface area contributed by atoms with Crippen LogP contribution in [-0.2, 0) is 17.9 Å². The lowest BCUT2D eigenvalue weighted by atomic mass is 10.1. The van der Waals surface area contributed by atoms with Gasteiger partial charge in [-0.15, -0.1) is 0 Å². The molecule has 0 radical (unpaired) electrons. The fourth-order valence-corrected chi connectivity index (χ4v) is 3.63. The molecule has 2 aliphatic heterocycles. The monoisotopic (exact) mass is 341 g/mol. The van der Waals surface area contributed by atoms with E-state index in [0.29, 0.717) is 25.5 Å². The minimum atomic E-state index is -0.485. The Morgan fingerprint density at radius 3 is 2.68 bits per heavy atom. The van der Waals surface area contributed by atoms with Crippen LogP contribution in [-0.4, -0.2) is 44.8 Å². The lowest BCUT2D eigenvalue weighted by molar-refractivity contribution is -0.134. The van der Waals surface area contributed by atoms with E-state index < -0.39 is 6.04 Å². The predicted molar refractivity (Wildman–Crippen MR) is 93.3 cm³/mol. The van der Waals surface area contributed by atoms with Crippen molar-refractivity contribution in [2.75, 3.05) is 19.6 Å². The van der Waals surface area contributed by atoms with Gasteiger partial charge in [0.25, 0.3) is 0 Å². The summed E-state index contributed by atoms with van der Waals surface area (Å²) in [5.41, 5.74) is 2.01. The van der Waals surface area contributed by atoms with Crippen LogP contribution in [0.4, 0.5) is 0 Å². The second-order valence-corrected chi connectivity index (χ2v) is 6.89. The zero-order valence-electron chi connectivity index (χ0n) is 14.4. The molecule has 7 nitrogen and oxygen atoms in total. The molecule has 2 aliphatic rings. The molecule has 1 N–H and O–H groups in total. The van der Waals surface area contributed by atoms with Crippen LogP contribution in [0.15, 0.2) is 29.1 Å². The number of likely N-dealkylation sites (tertiary alicyclic amines) is 1. The summed E-state index contributed by atoms with van der Waals surface area (Å²) in [6.07, 6.45) is 2.08. The molecular weight excluding hydrogens is 318 g/mol. The maximum absolute atomic E-state index is 12.9. The van der Waals surface area contributed by atoms with Crippen molar-refractivity contribution in [3.63, 3.8) is 0 Å². The highest BCUT2D eigenvalue weighted by atomic mass is 16.2. The van der Waals surface area contributed by atoms with Gasteiger partial charge in [0.05, 0.1) is 13.1 Å². The van der Waals surface area contributed by atoms with Gasteiger partial charge in [-0.3, -0.25) is 9.36 Å². The van der Waals surface area contributed by atoms with Gasteiger partial charge in [-0.25, -0.2) is 9.48 Å². The molecule has 0 spiro atoms. The van der Waals surface area contributed by atoms with Crippen LogP contribution in [0.3, 0.4) is 0 Å². The molecule has 4 rings (SSSR count). The molecule has 1 saturated heterocycles. The van der Waals surface area contributed by atoms with Gasteiger partial charge in [0.15, 0.2) is 0 Å². The van der Waals surface area contributed by atoms with Gasteiger partial charge < -0.3 is 10.2 Å². The van der Waals surface area contributed by atoms with Gasteiger partial charge >= 0.3 is 5.69 Å². The number of hydrogen-bond donors (Lipinski definition) is 1. The smallest absolute Gasteiger partial charge is 0.341 e. The third-order valence-electron chi connectivity index (χ3n) is 5.03. The van der Waals surface area contributed by atoms with Gasteiger partial charge in [0.2, 0.25) is 5.91 Å². The maximum Gasteiger partial charge on any atom is 0.347 e. The van der Waals surface area contributed by atoms with Gasteiger partial charge in [0, 0.05) is 19.6 Å². The number of rotatable bonds is 3. The van der Waals surface area contributed by atoms with Crippen LogP contribution in [0.1, 0.15) is 35.8 Å².